The van der Waals surface area contributed by atoms with E-state index in [1.54, 1.807) is 0 Å². The predicted octanol–water partition coefficient (Wildman–Crippen LogP) is 1.92. The van der Waals surface area contributed by atoms with Crippen LogP contribution in [0.2, 0.25) is 0 Å². The third-order valence-electron chi connectivity index (χ3n) is 0.785. The molecule has 0 aliphatic carbocycles. The second-order valence-corrected chi connectivity index (χ2v) is 3.76. The molecule has 0 spiro atoms. The molecule has 0 aliphatic rings. The van der Waals surface area contributed by atoms with Gasteiger partial charge in [0.2, 0.25) is 0 Å². The minimum atomic E-state index is -0.262. The van der Waals surface area contributed by atoms with Gasteiger partial charge in [-0.2, -0.15) is 0 Å². The van der Waals surface area contributed by atoms with Gasteiger partial charge in [-0.15, -0.1) is 8.37 Å². The van der Waals surface area contributed by atoms with Gasteiger partial charge < -0.3 is 0 Å². The monoisotopic (exact) mass is 165 g/mol. The average molecular weight is 165 g/mol. The Hall–Kier alpha value is 0.270. The molecular weight excluding hydrogens is 148 g/mol. The van der Waals surface area contributed by atoms with E-state index in [1.807, 2.05) is 20.8 Å². The van der Waals surface area contributed by atoms with Crippen LogP contribution in [-0.4, -0.2) is 18.5 Å². The molecular formula is C7H17O2S+. The normalized spacial score (nSPS) is 14.1. The molecule has 0 aromatic heterocycles. The van der Waals surface area contributed by atoms with Crippen LogP contribution in [-0.2, 0) is 19.8 Å². The molecule has 1 unspecified atom stereocenters. The SMILES string of the molecule is CCO[S+](CC)OC(C)C. The Labute approximate surface area is 66.7 Å². The Morgan fingerprint density at radius 1 is 1.30 bits per heavy atom. The molecule has 0 radical (unpaired) electrons. The van der Waals surface area contributed by atoms with Crippen molar-refractivity contribution < 1.29 is 8.37 Å². The highest BCUT2D eigenvalue weighted by atomic mass is 32.2. The van der Waals surface area contributed by atoms with E-state index in [0.29, 0.717) is 0 Å². The molecule has 0 saturated heterocycles. The van der Waals surface area contributed by atoms with Crippen molar-refractivity contribution in [2.75, 3.05) is 12.4 Å². The summed E-state index contributed by atoms with van der Waals surface area (Å²) in [5.74, 6) is 0.950. The predicted molar refractivity (Wildman–Crippen MR) is 45.8 cm³/mol. The van der Waals surface area contributed by atoms with Gasteiger partial charge >= 0.3 is 11.5 Å². The van der Waals surface area contributed by atoms with E-state index in [-0.39, 0.29) is 17.6 Å². The molecule has 0 bridgehead atoms. The summed E-state index contributed by atoms with van der Waals surface area (Å²) >= 11 is -0.262. The molecule has 0 rings (SSSR count). The second-order valence-electron chi connectivity index (χ2n) is 2.14. The molecule has 3 heteroatoms. The van der Waals surface area contributed by atoms with Gasteiger partial charge in [-0.1, -0.05) is 0 Å². The summed E-state index contributed by atoms with van der Waals surface area (Å²) in [4.78, 5) is 0. The topological polar surface area (TPSA) is 18.5 Å². The molecule has 0 amide bonds. The molecule has 0 fully saturated rings. The molecule has 62 valence electrons. The Bertz CT molecular complexity index is 76.0. The fourth-order valence-electron chi connectivity index (χ4n) is 0.525. The molecule has 1 atom stereocenters. The summed E-state index contributed by atoms with van der Waals surface area (Å²) in [6, 6.07) is 0. The van der Waals surface area contributed by atoms with Crippen LogP contribution in [0.15, 0.2) is 0 Å². The van der Waals surface area contributed by atoms with Gasteiger partial charge in [-0.3, -0.25) is 0 Å². The summed E-state index contributed by atoms with van der Waals surface area (Å²) in [7, 11) is 0. The minimum absolute atomic E-state index is 0.262. The fourth-order valence-corrected chi connectivity index (χ4v) is 1.58. The van der Waals surface area contributed by atoms with E-state index in [2.05, 4.69) is 6.92 Å². The fraction of sp³-hybridized carbons (Fsp3) is 1.00. The van der Waals surface area contributed by atoms with Gasteiger partial charge in [-0.25, -0.2) is 0 Å². The highest BCUT2D eigenvalue weighted by molar-refractivity contribution is 7.87. The molecule has 0 aliphatic heterocycles. The number of hydrogen-bond donors (Lipinski definition) is 0. The maximum Gasteiger partial charge on any atom is 0.314 e. The van der Waals surface area contributed by atoms with E-state index in [0.717, 1.165) is 12.4 Å². The first-order valence-corrected chi connectivity index (χ1v) is 4.96. The summed E-state index contributed by atoms with van der Waals surface area (Å²) < 4.78 is 10.8. The van der Waals surface area contributed by atoms with Crippen LogP contribution in [0.25, 0.3) is 0 Å². The van der Waals surface area contributed by atoms with Gasteiger partial charge in [0.15, 0.2) is 5.75 Å². The van der Waals surface area contributed by atoms with Crippen LogP contribution in [0.4, 0.5) is 0 Å². The lowest BCUT2D eigenvalue weighted by molar-refractivity contribution is 0.225. The molecule has 0 aromatic rings. The zero-order valence-corrected chi connectivity index (χ0v) is 8.03. The molecule has 0 heterocycles. The van der Waals surface area contributed by atoms with Crippen molar-refractivity contribution in [1.82, 2.24) is 0 Å². The highest BCUT2D eigenvalue weighted by Gasteiger charge is 2.20. The third kappa shape index (κ3) is 5.09. The summed E-state index contributed by atoms with van der Waals surface area (Å²) in [5, 5.41) is 0. The Morgan fingerprint density at radius 2 is 1.90 bits per heavy atom. The van der Waals surface area contributed by atoms with E-state index in [4.69, 9.17) is 8.37 Å². The summed E-state index contributed by atoms with van der Waals surface area (Å²) in [6.45, 7) is 8.84. The molecule has 0 N–H and O–H groups in total. The lowest BCUT2D eigenvalue weighted by atomic mass is 10.5. The van der Waals surface area contributed by atoms with Crippen molar-refractivity contribution in [2.24, 2.45) is 0 Å². The Kier molecular flexibility index (Phi) is 6.17. The van der Waals surface area contributed by atoms with Crippen LogP contribution in [0.3, 0.4) is 0 Å². The lowest BCUT2D eigenvalue weighted by Gasteiger charge is -2.03. The van der Waals surface area contributed by atoms with Gasteiger partial charge in [-0.05, 0) is 27.7 Å². The summed E-state index contributed by atoms with van der Waals surface area (Å²) in [6.07, 6.45) is 0.273. The van der Waals surface area contributed by atoms with Gasteiger partial charge in [0.05, 0.1) is 0 Å². The van der Waals surface area contributed by atoms with Crippen molar-refractivity contribution in [2.45, 2.75) is 33.8 Å². The molecule has 0 aromatic carbocycles. The van der Waals surface area contributed by atoms with Gasteiger partial charge in [0.1, 0.15) is 12.7 Å². The lowest BCUT2D eigenvalue weighted by Crippen LogP contribution is -2.17. The standard InChI is InChI=1S/C7H17O2S/c1-5-8-10(6-2)9-7(3)4/h7H,5-6H2,1-4H3/q+1. The van der Waals surface area contributed by atoms with Crippen LogP contribution in [0.5, 0.6) is 0 Å². The smallest absolute Gasteiger partial charge is 0.141 e. The van der Waals surface area contributed by atoms with Gasteiger partial charge in [0, 0.05) is 0 Å². The maximum atomic E-state index is 5.45. The molecule has 0 saturated carbocycles. The van der Waals surface area contributed by atoms with Crippen LogP contribution >= 0.6 is 0 Å². The highest BCUT2D eigenvalue weighted by Crippen LogP contribution is 2.04. The van der Waals surface area contributed by atoms with E-state index < -0.39 is 0 Å². The van der Waals surface area contributed by atoms with Crippen LogP contribution < -0.4 is 0 Å². The first kappa shape index (κ1) is 10.3. The molecule has 2 nitrogen and oxygen atoms in total. The first-order valence-electron chi connectivity index (χ1n) is 3.72. The van der Waals surface area contributed by atoms with Gasteiger partial charge in [0.25, 0.3) is 0 Å². The quantitative estimate of drug-likeness (QED) is 0.579. The van der Waals surface area contributed by atoms with E-state index in [1.165, 1.54) is 0 Å². The van der Waals surface area contributed by atoms with E-state index >= 15 is 0 Å². The van der Waals surface area contributed by atoms with Crippen molar-refractivity contribution in [1.29, 1.82) is 0 Å². The average Bonchev–Trinajstić information content (AvgIpc) is 1.86. The number of rotatable bonds is 5. The molecule has 10 heavy (non-hydrogen) atoms. The van der Waals surface area contributed by atoms with Crippen molar-refractivity contribution in [3.8, 4) is 0 Å². The zero-order valence-electron chi connectivity index (χ0n) is 7.22. The maximum absolute atomic E-state index is 5.45. The van der Waals surface area contributed by atoms with Crippen molar-refractivity contribution in [3.05, 3.63) is 0 Å². The van der Waals surface area contributed by atoms with Crippen LogP contribution in [0, 0.1) is 0 Å². The Morgan fingerprint density at radius 3 is 2.20 bits per heavy atom. The Balaban J connectivity index is 3.39. The zero-order chi connectivity index (χ0) is 7.98. The summed E-state index contributed by atoms with van der Waals surface area (Å²) in [5.41, 5.74) is 0. The third-order valence-corrected chi connectivity index (χ3v) is 2.35. The number of hydrogen-bond acceptors (Lipinski definition) is 2. The minimum Gasteiger partial charge on any atom is -0.141 e. The van der Waals surface area contributed by atoms with Crippen molar-refractivity contribution in [3.63, 3.8) is 0 Å². The largest absolute Gasteiger partial charge is 0.314 e. The van der Waals surface area contributed by atoms with E-state index in [9.17, 15) is 0 Å². The second kappa shape index (κ2) is 6.01. The first-order chi connectivity index (χ1) is 4.70. The van der Waals surface area contributed by atoms with Crippen LogP contribution in [0.1, 0.15) is 27.7 Å². The van der Waals surface area contributed by atoms with Crippen molar-refractivity contribution >= 4 is 11.5 Å².